The molecule has 1 saturated carbocycles. The van der Waals surface area contributed by atoms with Crippen LogP contribution in [0.2, 0.25) is 0 Å². The smallest absolute Gasteiger partial charge is 0.127 e. The van der Waals surface area contributed by atoms with Crippen molar-refractivity contribution in [3.8, 4) is 0 Å². The van der Waals surface area contributed by atoms with E-state index in [0.717, 1.165) is 51.5 Å². The third kappa shape index (κ3) is 3.12. The molecule has 3 nitrogen and oxygen atoms in total. The third-order valence-corrected chi connectivity index (χ3v) is 4.86. The van der Waals surface area contributed by atoms with Gasteiger partial charge in [0.1, 0.15) is 6.29 Å². The second-order valence-electron chi connectivity index (χ2n) is 6.27. The van der Waals surface area contributed by atoms with Gasteiger partial charge < -0.3 is 9.53 Å². The summed E-state index contributed by atoms with van der Waals surface area (Å²) in [6.07, 6.45) is 6.93. The van der Waals surface area contributed by atoms with E-state index < -0.39 is 0 Å². The summed E-state index contributed by atoms with van der Waals surface area (Å²) < 4.78 is 5.55. The third-order valence-electron chi connectivity index (χ3n) is 4.86. The fraction of sp³-hybridized carbons (Fsp3) is 0.933. The number of carbonyl (C=O) groups is 1. The highest BCUT2D eigenvalue weighted by Crippen LogP contribution is 2.38. The van der Waals surface area contributed by atoms with Crippen LogP contribution in [0.3, 0.4) is 0 Å². The minimum Gasteiger partial charge on any atom is -0.378 e. The Morgan fingerprint density at radius 3 is 2.72 bits per heavy atom. The molecular weight excluding hydrogens is 226 g/mol. The first-order valence-corrected chi connectivity index (χ1v) is 7.47. The van der Waals surface area contributed by atoms with Crippen LogP contribution in [0.25, 0.3) is 0 Å². The number of rotatable bonds is 4. The lowest BCUT2D eigenvalue weighted by Crippen LogP contribution is -2.51. The van der Waals surface area contributed by atoms with E-state index in [0.29, 0.717) is 6.04 Å². The molecule has 2 rings (SSSR count). The van der Waals surface area contributed by atoms with Gasteiger partial charge in [-0.3, -0.25) is 4.90 Å². The van der Waals surface area contributed by atoms with Crippen molar-refractivity contribution in [2.24, 2.45) is 11.3 Å². The normalized spacial score (nSPS) is 38.6. The quantitative estimate of drug-likeness (QED) is 0.721. The molecule has 0 spiro atoms. The van der Waals surface area contributed by atoms with Crippen molar-refractivity contribution >= 4 is 6.29 Å². The zero-order valence-electron chi connectivity index (χ0n) is 11.9. The summed E-state index contributed by atoms with van der Waals surface area (Å²) in [5, 5.41) is 0. The minimum absolute atomic E-state index is 0.0722. The molecular formula is C15H27NO2. The molecule has 1 atom stereocenters. The molecule has 1 aliphatic heterocycles. The maximum atomic E-state index is 11.6. The lowest BCUT2D eigenvalue weighted by Gasteiger charge is -2.43. The molecule has 1 unspecified atom stereocenters. The standard InChI is InChI=1S/C15H27NO2/c1-3-14-10-18-9-8-16(14)11-15(12-17)6-4-13(2)5-7-15/h12-14H,3-11H2,1-2H3. The summed E-state index contributed by atoms with van der Waals surface area (Å²) in [5.41, 5.74) is -0.0722. The Labute approximate surface area is 111 Å². The lowest BCUT2D eigenvalue weighted by atomic mass is 9.71. The van der Waals surface area contributed by atoms with E-state index >= 15 is 0 Å². The van der Waals surface area contributed by atoms with Gasteiger partial charge in [-0.1, -0.05) is 13.8 Å². The van der Waals surface area contributed by atoms with Crippen molar-refractivity contribution in [2.45, 2.75) is 52.0 Å². The number of ether oxygens (including phenoxy) is 1. The first-order chi connectivity index (χ1) is 8.69. The molecule has 2 aliphatic rings. The van der Waals surface area contributed by atoms with Crippen molar-refractivity contribution in [1.82, 2.24) is 4.90 Å². The summed E-state index contributed by atoms with van der Waals surface area (Å²) in [7, 11) is 0. The van der Waals surface area contributed by atoms with Crippen molar-refractivity contribution < 1.29 is 9.53 Å². The van der Waals surface area contributed by atoms with Crippen molar-refractivity contribution in [1.29, 1.82) is 0 Å². The number of hydrogen-bond donors (Lipinski definition) is 0. The van der Waals surface area contributed by atoms with Gasteiger partial charge in [0.15, 0.2) is 0 Å². The fourth-order valence-electron chi connectivity index (χ4n) is 3.33. The van der Waals surface area contributed by atoms with E-state index in [1.54, 1.807) is 0 Å². The van der Waals surface area contributed by atoms with Gasteiger partial charge in [-0.05, 0) is 38.0 Å². The number of nitrogens with zero attached hydrogens (tertiary/aromatic N) is 1. The number of aldehydes is 1. The lowest BCUT2D eigenvalue weighted by molar-refractivity contribution is -0.121. The number of hydrogen-bond acceptors (Lipinski definition) is 3. The Kier molecular flexibility index (Phi) is 4.79. The van der Waals surface area contributed by atoms with Crippen LogP contribution >= 0.6 is 0 Å². The molecule has 104 valence electrons. The largest absolute Gasteiger partial charge is 0.378 e. The zero-order chi connectivity index (χ0) is 13.0. The average Bonchev–Trinajstić information content (AvgIpc) is 2.42. The first kappa shape index (κ1) is 14.0. The highest BCUT2D eigenvalue weighted by Gasteiger charge is 2.37. The predicted molar refractivity (Wildman–Crippen MR) is 72.6 cm³/mol. The summed E-state index contributed by atoms with van der Waals surface area (Å²) in [4.78, 5) is 14.1. The molecule has 1 heterocycles. The van der Waals surface area contributed by atoms with Crippen molar-refractivity contribution in [3.05, 3.63) is 0 Å². The van der Waals surface area contributed by atoms with E-state index in [2.05, 4.69) is 18.7 Å². The Bertz CT molecular complexity index is 272. The van der Waals surface area contributed by atoms with Gasteiger partial charge in [0.2, 0.25) is 0 Å². The SMILES string of the molecule is CCC1COCCN1CC1(C=O)CCC(C)CC1. The van der Waals surface area contributed by atoms with Crippen LogP contribution < -0.4 is 0 Å². The van der Waals surface area contributed by atoms with E-state index in [1.807, 2.05) is 0 Å². The monoisotopic (exact) mass is 253 g/mol. The van der Waals surface area contributed by atoms with Crippen LogP contribution in [0.1, 0.15) is 46.0 Å². The molecule has 1 saturated heterocycles. The molecule has 0 aromatic carbocycles. The predicted octanol–water partition coefficient (Wildman–Crippen LogP) is 2.49. The Morgan fingerprint density at radius 1 is 1.39 bits per heavy atom. The van der Waals surface area contributed by atoms with Gasteiger partial charge >= 0.3 is 0 Å². The Balaban J connectivity index is 1.98. The molecule has 0 N–H and O–H groups in total. The van der Waals surface area contributed by atoms with E-state index in [9.17, 15) is 4.79 Å². The Hall–Kier alpha value is -0.410. The zero-order valence-corrected chi connectivity index (χ0v) is 11.9. The van der Waals surface area contributed by atoms with Crippen molar-refractivity contribution in [3.63, 3.8) is 0 Å². The molecule has 0 aromatic heterocycles. The van der Waals surface area contributed by atoms with E-state index in [4.69, 9.17) is 4.74 Å². The second kappa shape index (κ2) is 6.16. The van der Waals surface area contributed by atoms with Crippen LogP contribution in [0.4, 0.5) is 0 Å². The fourth-order valence-corrected chi connectivity index (χ4v) is 3.33. The molecule has 0 aromatic rings. The topological polar surface area (TPSA) is 29.5 Å². The van der Waals surface area contributed by atoms with Gasteiger partial charge in [-0.25, -0.2) is 0 Å². The van der Waals surface area contributed by atoms with Gasteiger partial charge in [-0.2, -0.15) is 0 Å². The minimum atomic E-state index is -0.0722. The maximum Gasteiger partial charge on any atom is 0.127 e. The molecule has 0 bridgehead atoms. The number of morpholine rings is 1. The van der Waals surface area contributed by atoms with E-state index in [1.165, 1.54) is 19.1 Å². The molecule has 3 heteroatoms. The van der Waals surface area contributed by atoms with E-state index in [-0.39, 0.29) is 5.41 Å². The van der Waals surface area contributed by atoms with Crippen LogP contribution in [-0.2, 0) is 9.53 Å². The second-order valence-corrected chi connectivity index (χ2v) is 6.27. The average molecular weight is 253 g/mol. The molecule has 2 fully saturated rings. The number of carbonyl (C=O) groups excluding carboxylic acids is 1. The molecule has 1 aliphatic carbocycles. The van der Waals surface area contributed by atoms with Crippen molar-refractivity contribution in [2.75, 3.05) is 26.3 Å². The highest BCUT2D eigenvalue weighted by atomic mass is 16.5. The van der Waals surface area contributed by atoms with Crippen LogP contribution in [-0.4, -0.2) is 43.5 Å². The van der Waals surface area contributed by atoms with Gasteiger partial charge in [0.25, 0.3) is 0 Å². The molecule has 18 heavy (non-hydrogen) atoms. The summed E-state index contributed by atoms with van der Waals surface area (Å²) in [6, 6.07) is 0.509. The van der Waals surface area contributed by atoms with Gasteiger partial charge in [0, 0.05) is 24.5 Å². The van der Waals surface area contributed by atoms with Gasteiger partial charge in [-0.15, -0.1) is 0 Å². The summed E-state index contributed by atoms with van der Waals surface area (Å²) in [5.74, 6) is 0.796. The summed E-state index contributed by atoms with van der Waals surface area (Å²) in [6.45, 7) is 8.11. The van der Waals surface area contributed by atoms with Crippen LogP contribution in [0.15, 0.2) is 0 Å². The van der Waals surface area contributed by atoms with Crippen LogP contribution in [0, 0.1) is 11.3 Å². The van der Waals surface area contributed by atoms with Crippen LogP contribution in [0.5, 0.6) is 0 Å². The molecule has 0 amide bonds. The van der Waals surface area contributed by atoms with Gasteiger partial charge in [0.05, 0.1) is 13.2 Å². The summed E-state index contributed by atoms with van der Waals surface area (Å²) >= 11 is 0. The Morgan fingerprint density at radius 2 is 2.11 bits per heavy atom. The first-order valence-electron chi connectivity index (χ1n) is 7.47. The molecule has 0 radical (unpaired) electrons. The highest BCUT2D eigenvalue weighted by molar-refractivity contribution is 5.60. The maximum absolute atomic E-state index is 11.6.